The highest BCUT2D eigenvalue weighted by atomic mass is 35.6. The lowest BCUT2D eigenvalue weighted by molar-refractivity contribution is 0.592. The molecule has 3 radical (unpaired) electrons. The maximum Gasteiger partial charge on any atom is 0.258 e. The minimum absolute atomic E-state index is 1.56. The molecule has 1 N–H and O–H groups in total. The number of hydrogen-bond donors (Lipinski definition) is 1. The van der Waals surface area contributed by atoms with E-state index in [1.807, 2.05) is 0 Å². The van der Waals surface area contributed by atoms with Crippen molar-refractivity contribution in [2.75, 3.05) is 0 Å². The van der Waals surface area contributed by atoms with Crippen LogP contribution in [0.1, 0.15) is 0 Å². The van der Waals surface area contributed by atoms with Crippen LogP contribution in [0.3, 0.4) is 0 Å². The molecule has 1 unspecified atom stereocenters. The van der Waals surface area contributed by atoms with Crippen molar-refractivity contribution in [2.45, 2.75) is 6.55 Å². The second-order valence-corrected chi connectivity index (χ2v) is 8.94. The highest BCUT2D eigenvalue weighted by Crippen LogP contribution is 1.92. The molecule has 0 amide bonds. The Balaban J connectivity index is 3.02. The van der Waals surface area contributed by atoms with Gasteiger partial charge in [0, 0.05) is 0 Å². The molecule has 4 heteroatoms. The highest BCUT2D eigenvalue weighted by molar-refractivity contribution is 7.39. The number of hydrogen-bond acceptors (Lipinski definition) is 1. The van der Waals surface area contributed by atoms with Crippen molar-refractivity contribution in [1.82, 2.24) is 0 Å². The Bertz CT molecular complexity index is 25.1. The summed E-state index contributed by atoms with van der Waals surface area (Å²) in [6.07, 6.45) is 0. The Morgan fingerprint density at radius 3 is 2.00 bits per heavy atom. The third-order valence-electron chi connectivity index (χ3n) is 0. The lowest BCUT2D eigenvalue weighted by Gasteiger charge is -1.96. The third-order valence-corrected chi connectivity index (χ3v) is 0. The molecule has 0 fully saturated rings. The van der Waals surface area contributed by atoms with E-state index in [2.05, 4.69) is 9.76 Å². The maximum atomic E-state index is 8.34. The molecule has 0 rings (SSSR count). The Morgan fingerprint density at radius 1 is 2.00 bits per heavy atom. The molecule has 0 spiro atoms. The monoisotopic (exact) mass is 123 g/mol. The average molecular weight is 124 g/mol. The lowest BCUT2D eigenvalue weighted by atomic mass is 11.9. The van der Waals surface area contributed by atoms with Crippen LogP contribution >= 0.6 is 11.1 Å². The zero-order chi connectivity index (χ0) is 4.50. The van der Waals surface area contributed by atoms with E-state index in [0.717, 1.165) is 0 Å². The van der Waals surface area contributed by atoms with Crippen molar-refractivity contribution >= 4 is 28.0 Å². The van der Waals surface area contributed by atoms with Crippen molar-refractivity contribution < 1.29 is 4.80 Å². The second-order valence-electron chi connectivity index (χ2n) is 0.953. The number of rotatable bonds is 0. The average Bonchev–Trinajstić information content (AvgIpc) is 0.722. The van der Waals surface area contributed by atoms with Crippen LogP contribution in [-0.2, 0) is 0 Å². The number of halogens is 1. The van der Waals surface area contributed by atoms with Gasteiger partial charge in [-0.2, -0.15) is 0 Å². The van der Waals surface area contributed by atoms with Gasteiger partial charge in [-0.3, -0.25) is 0 Å². The van der Waals surface area contributed by atoms with Gasteiger partial charge in [0.2, 0.25) is 0 Å². The first-order valence-corrected chi connectivity index (χ1v) is 6.12. The van der Waals surface area contributed by atoms with Gasteiger partial charge in [-0.05, 0) is 6.55 Å². The summed E-state index contributed by atoms with van der Waals surface area (Å²) >= 11 is 5.14. The first-order valence-electron chi connectivity index (χ1n) is 1.16. The lowest BCUT2D eigenvalue weighted by Crippen LogP contribution is -2.21. The minimum Gasteiger partial charge on any atom is -0.422 e. The van der Waals surface area contributed by atoms with Crippen LogP contribution in [0.15, 0.2) is 0 Å². The molecule has 0 aromatic carbocycles. The van der Waals surface area contributed by atoms with Crippen LogP contribution in [0.25, 0.3) is 0 Å². The predicted molar refractivity (Wildman–Crippen MR) is 25.4 cm³/mol. The zero-order valence-electron chi connectivity index (χ0n) is 2.83. The van der Waals surface area contributed by atoms with E-state index >= 15 is 0 Å². The van der Waals surface area contributed by atoms with E-state index in [4.69, 9.17) is 15.9 Å². The van der Waals surface area contributed by atoms with Gasteiger partial charge >= 0.3 is 0 Å². The molecule has 0 aromatic heterocycles. The minimum atomic E-state index is -2.33. The van der Waals surface area contributed by atoms with Crippen LogP contribution in [0.2, 0.25) is 6.55 Å². The molecule has 1 atom stereocenters. The molecule has 0 aliphatic rings. The molecule has 0 heterocycles. The summed E-state index contributed by atoms with van der Waals surface area (Å²) in [5.41, 5.74) is 0. The molecular formula is CH4ClOSi2. The molecule has 0 aliphatic heterocycles. The fraction of sp³-hybridized carbons (Fsp3) is 1.00. The van der Waals surface area contributed by atoms with Gasteiger partial charge in [0.15, 0.2) is 0 Å². The van der Waals surface area contributed by atoms with Gasteiger partial charge in [0.05, 0.1) is 9.76 Å². The molecule has 0 saturated heterocycles. The molecule has 29 valence electrons. The second kappa shape index (κ2) is 1.42. The Hall–Kier alpha value is 0.684. The molecule has 1 nitrogen and oxygen atoms in total. The van der Waals surface area contributed by atoms with Gasteiger partial charge < -0.3 is 4.80 Å². The largest absolute Gasteiger partial charge is 0.422 e. The van der Waals surface area contributed by atoms with Gasteiger partial charge in [0.25, 0.3) is 7.14 Å². The van der Waals surface area contributed by atoms with E-state index < -0.39 is 7.14 Å². The standard InChI is InChI=1S/CH4ClOSi2/c1-5(2,3)4/h3H,1H3. The fourth-order valence-electron chi connectivity index (χ4n) is 0. The maximum absolute atomic E-state index is 8.34. The van der Waals surface area contributed by atoms with Crippen molar-refractivity contribution in [3.05, 3.63) is 0 Å². The summed E-state index contributed by atoms with van der Waals surface area (Å²) in [7, 11) is 0.546. The fourth-order valence-corrected chi connectivity index (χ4v) is 0. The molecule has 5 heavy (non-hydrogen) atoms. The molecular weight excluding hydrogens is 120 g/mol. The van der Waals surface area contributed by atoms with Crippen molar-refractivity contribution in [3.8, 4) is 0 Å². The Kier molecular flexibility index (Phi) is 1.62. The summed E-state index contributed by atoms with van der Waals surface area (Å²) in [6, 6.07) is 0. The zero-order valence-corrected chi connectivity index (χ0v) is 5.58. The summed E-state index contributed by atoms with van der Waals surface area (Å²) in [5.74, 6) is 0. The smallest absolute Gasteiger partial charge is 0.258 e. The van der Waals surface area contributed by atoms with Crippen LogP contribution in [-0.4, -0.2) is 21.7 Å². The van der Waals surface area contributed by atoms with Crippen LogP contribution in [0, 0.1) is 0 Å². The summed E-state index contributed by atoms with van der Waals surface area (Å²) < 4.78 is 0. The highest BCUT2D eigenvalue weighted by Gasteiger charge is 2.08. The van der Waals surface area contributed by atoms with E-state index in [0.29, 0.717) is 0 Å². The molecule has 0 saturated carbocycles. The van der Waals surface area contributed by atoms with Crippen molar-refractivity contribution in [1.29, 1.82) is 0 Å². The first-order chi connectivity index (χ1) is 2.00. The topological polar surface area (TPSA) is 20.2 Å². The quantitative estimate of drug-likeness (QED) is 0.354. The molecule has 0 aromatic rings. The first kappa shape index (κ1) is 5.68. The summed E-state index contributed by atoms with van der Waals surface area (Å²) in [5, 5.41) is 0. The Labute approximate surface area is 40.0 Å². The summed E-state index contributed by atoms with van der Waals surface area (Å²) in [4.78, 5) is 8.34. The van der Waals surface area contributed by atoms with E-state index in [-0.39, 0.29) is 0 Å². The normalized spacial score (nSPS) is 21.6. The SMILES string of the molecule is C[Si](O)([Si])Cl. The third kappa shape index (κ3) is 72.2. The van der Waals surface area contributed by atoms with E-state index in [1.54, 1.807) is 6.55 Å². The Morgan fingerprint density at radius 2 is 2.00 bits per heavy atom. The molecule has 0 aliphatic carbocycles. The van der Waals surface area contributed by atoms with Crippen molar-refractivity contribution in [2.24, 2.45) is 0 Å². The van der Waals surface area contributed by atoms with Crippen LogP contribution in [0.5, 0.6) is 0 Å². The van der Waals surface area contributed by atoms with E-state index in [1.165, 1.54) is 0 Å². The predicted octanol–water partition coefficient (Wildman–Crippen LogP) is -0.0453. The van der Waals surface area contributed by atoms with E-state index in [9.17, 15) is 0 Å². The van der Waals surface area contributed by atoms with Gasteiger partial charge in [-0.15, -0.1) is 11.1 Å². The van der Waals surface area contributed by atoms with Gasteiger partial charge in [0.1, 0.15) is 0 Å². The summed E-state index contributed by atoms with van der Waals surface area (Å²) in [6.45, 7) is 1.56. The van der Waals surface area contributed by atoms with Crippen molar-refractivity contribution in [3.63, 3.8) is 0 Å². The van der Waals surface area contributed by atoms with Gasteiger partial charge in [-0.1, -0.05) is 0 Å². The molecule has 0 bridgehead atoms. The van der Waals surface area contributed by atoms with Gasteiger partial charge in [-0.25, -0.2) is 0 Å². The van der Waals surface area contributed by atoms with Crippen LogP contribution in [0.4, 0.5) is 0 Å². The van der Waals surface area contributed by atoms with Crippen LogP contribution < -0.4 is 0 Å².